The molecule has 1 aliphatic heterocycles. The van der Waals surface area contributed by atoms with Gasteiger partial charge in [-0.3, -0.25) is 14.5 Å². The van der Waals surface area contributed by atoms with Gasteiger partial charge < -0.3 is 14.6 Å². The summed E-state index contributed by atoms with van der Waals surface area (Å²) >= 11 is 1.49. The van der Waals surface area contributed by atoms with E-state index in [1.165, 1.54) is 11.3 Å². The number of carbonyl (C=O) groups excluding carboxylic acids is 3. The highest BCUT2D eigenvalue weighted by atomic mass is 32.1. The van der Waals surface area contributed by atoms with Gasteiger partial charge in [0, 0.05) is 6.54 Å². The molecule has 1 saturated carbocycles. The van der Waals surface area contributed by atoms with E-state index in [1.54, 1.807) is 4.90 Å². The predicted molar refractivity (Wildman–Crippen MR) is 114 cm³/mol. The minimum absolute atomic E-state index is 0.0543. The third-order valence-corrected chi connectivity index (χ3v) is 7.02. The molecule has 1 N–H and O–H groups in total. The fraction of sp³-hybridized carbons (Fsp3) is 0.571. The molecule has 10 heteroatoms. The second-order valence-corrected chi connectivity index (χ2v) is 9.18. The van der Waals surface area contributed by atoms with Crippen LogP contribution in [0.15, 0.2) is 21.9 Å². The number of nitrogens with one attached hydrogen (secondary N) is 1. The Morgan fingerprint density at radius 1 is 1.39 bits per heavy atom. The number of hydrogen-bond donors (Lipinski definition) is 1. The Balaban J connectivity index is 1.45. The van der Waals surface area contributed by atoms with Crippen LogP contribution < -0.4 is 5.32 Å². The lowest BCUT2D eigenvalue weighted by Gasteiger charge is -2.36. The van der Waals surface area contributed by atoms with Crippen LogP contribution in [0.1, 0.15) is 51.8 Å². The first-order chi connectivity index (χ1) is 14.9. The Hall–Kier alpha value is -2.75. The van der Waals surface area contributed by atoms with Crippen molar-refractivity contribution in [1.29, 1.82) is 0 Å². The maximum atomic E-state index is 13.1. The minimum atomic E-state index is -0.868. The third kappa shape index (κ3) is 4.08. The zero-order valence-electron chi connectivity index (χ0n) is 17.8. The molecule has 166 valence electrons. The van der Waals surface area contributed by atoms with Gasteiger partial charge in [-0.2, -0.15) is 0 Å². The van der Waals surface area contributed by atoms with Crippen LogP contribution in [0.25, 0.3) is 10.8 Å². The zero-order chi connectivity index (χ0) is 22.0. The molecule has 9 nitrogen and oxygen atoms in total. The van der Waals surface area contributed by atoms with Gasteiger partial charge in [-0.15, -0.1) is 21.5 Å². The standard InChI is InChI=1S/C21H27N5O4S/c1-3-10-25(12-16-23-24-18(30-16)15-8-6-11-31-15)17(27)13-26-19(28)21(22-20(26)29)9-5-4-7-14(21)2/h6,8,11,14H,3-5,7,9-10,12-13H2,1-2H3,(H,22,29)/t14-,21-/m0/s1. The van der Waals surface area contributed by atoms with Crippen LogP contribution >= 0.6 is 11.3 Å². The number of hydrogen-bond acceptors (Lipinski definition) is 7. The molecule has 4 amide bonds. The number of carbonyl (C=O) groups is 3. The fourth-order valence-electron chi connectivity index (χ4n) is 4.42. The molecule has 0 aromatic carbocycles. The third-order valence-electron chi connectivity index (χ3n) is 6.17. The lowest BCUT2D eigenvalue weighted by molar-refractivity contribution is -0.141. The van der Waals surface area contributed by atoms with Crippen molar-refractivity contribution in [2.24, 2.45) is 5.92 Å². The summed E-state index contributed by atoms with van der Waals surface area (Å²) in [5, 5.41) is 12.9. The molecule has 1 saturated heterocycles. The van der Waals surface area contributed by atoms with Crippen molar-refractivity contribution in [2.45, 2.75) is 58.0 Å². The molecular formula is C21H27N5O4S. The van der Waals surface area contributed by atoms with Crippen molar-refractivity contribution in [1.82, 2.24) is 25.3 Å². The lowest BCUT2D eigenvalue weighted by atomic mass is 9.73. The van der Waals surface area contributed by atoms with Crippen molar-refractivity contribution in [3.05, 3.63) is 23.4 Å². The highest BCUT2D eigenvalue weighted by molar-refractivity contribution is 7.13. The van der Waals surface area contributed by atoms with Crippen LogP contribution in [0.2, 0.25) is 0 Å². The van der Waals surface area contributed by atoms with Gasteiger partial charge in [-0.25, -0.2) is 4.79 Å². The Morgan fingerprint density at radius 3 is 2.94 bits per heavy atom. The number of urea groups is 1. The Bertz CT molecular complexity index is 959. The van der Waals surface area contributed by atoms with Gasteiger partial charge in [0.1, 0.15) is 12.1 Å². The highest BCUT2D eigenvalue weighted by Gasteiger charge is 2.55. The molecule has 0 bridgehead atoms. The van der Waals surface area contributed by atoms with E-state index in [9.17, 15) is 14.4 Å². The van der Waals surface area contributed by atoms with Gasteiger partial charge in [0.05, 0.1) is 11.4 Å². The SMILES string of the molecule is CCCN(Cc1nnc(-c2cccs2)o1)C(=O)CN1C(=O)N[C@]2(CCCC[C@@H]2C)C1=O. The van der Waals surface area contributed by atoms with Crippen LogP contribution in [0, 0.1) is 5.92 Å². The summed E-state index contributed by atoms with van der Waals surface area (Å²) in [6.45, 7) is 4.26. The normalized spacial score (nSPS) is 23.4. The van der Waals surface area contributed by atoms with E-state index >= 15 is 0 Å². The summed E-state index contributed by atoms with van der Waals surface area (Å²) in [4.78, 5) is 42.3. The molecule has 4 rings (SSSR count). The van der Waals surface area contributed by atoms with E-state index in [2.05, 4.69) is 15.5 Å². The molecule has 2 aromatic heterocycles. The molecule has 2 fully saturated rings. The minimum Gasteiger partial charge on any atom is -0.418 e. The molecule has 2 atom stereocenters. The van der Waals surface area contributed by atoms with Gasteiger partial charge in [0.15, 0.2) is 0 Å². The van der Waals surface area contributed by atoms with E-state index in [-0.39, 0.29) is 30.8 Å². The summed E-state index contributed by atoms with van der Waals surface area (Å²) in [6.07, 6.45) is 4.17. The summed E-state index contributed by atoms with van der Waals surface area (Å²) in [7, 11) is 0. The smallest absolute Gasteiger partial charge is 0.325 e. The molecule has 2 aliphatic rings. The van der Waals surface area contributed by atoms with Crippen LogP contribution in [0.3, 0.4) is 0 Å². The Kier molecular flexibility index (Phi) is 6.08. The molecule has 1 aliphatic carbocycles. The summed E-state index contributed by atoms with van der Waals surface area (Å²) in [5.41, 5.74) is -0.868. The van der Waals surface area contributed by atoms with E-state index < -0.39 is 11.6 Å². The lowest BCUT2D eigenvalue weighted by Crippen LogP contribution is -2.54. The number of aromatic nitrogens is 2. The number of thiophene rings is 1. The topological polar surface area (TPSA) is 109 Å². The fourth-order valence-corrected chi connectivity index (χ4v) is 5.06. The van der Waals surface area contributed by atoms with Gasteiger partial charge in [0.2, 0.25) is 11.8 Å². The van der Waals surface area contributed by atoms with Crippen LogP contribution in [-0.4, -0.2) is 56.5 Å². The second kappa shape index (κ2) is 8.78. The van der Waals surface area contributed by atoms with E-state index in [4.69, 9.17) is 4.42 Å². The summed E-state index contributed by atoms with van der Waals surface area (Å²) in [5.74, 6) is 0.184. The maximum absolute atomic E-state index is 13.1. The first-order valence-electron chi connectivity index (χ1n) is 10.7. The Morgan fingerprint density at radius 2 is 2.23 bits per heavy atom. The van der Waals surface area contributed by atoms with Gasteiger partial charge in [-0.05, 0) is 36.6 Å². The van der Waals surface area contributed by atoms with Crippen LogP contribution in [0.4, 0.5) is 4.79 Å². The predicted octanol–water partition coefficient (Wildman–Crippen LogP) is 3.04. The quantitative estimate of drug-likeness (QED) is 0.656. The average Bonchev–Trinajstić information content (AvgIpc) is 3.48. The maximum Gasteiger partial charge on any atom is 0.325 e. The number of amides is 4. The number of imide groups is 1. The highest BCUT2D eigenvalue weighted by Crippen LogP contribution is 2.38. The van der Waals surface area contributed by atoms with E-state index in [0.717, 1.165) is 35.5 Å². The average molecular weight is 446 g/mol. The van der Waals surface area contributed by atoms with Crippen LogP contribution in [0.5, 0.6) is 0 Å². The van der Waals surface area contributed by atoms with Crippen molar-refractivity contribution >= 4 is 29.2 Å². The van der Waals surface area contributed by atoms with E-state index in [0.29, 0.717) is 24.7 Å². The summed E-state index contributed by atoms with van der Waals surface area (Å²) < 4.78 is 5.71. The monoisotopic (exact) mass is 445 g/mol. The van der Waals surface area contributed by atoms with Crippen molar-refractivity contribution in [3.63, 3.8) is 0 Å². The molecular weight excluding hydrogens is 418 g/mol. The summed E-state index contributed by atoms with van der Waals surface area (Å²) in [6, 6.07) is 3.30. The van der Waals surface area contributed by atoms with Crippen molar-refractivity contribution < 1.29 is 18.8 Å². The Labute approximate surface area is 184 Å². The van der Waals surface area contributed by atoms with Gasteiger partial charge in [0.25, 0.3) is 11.8 Å². The molecule has 0 unspecified atom stereocenters. The largest absolute Gasteiger partial charge is 0.418 e. The first-order valence-corrected chi connectivity index (χ1v) is 11.6. The van der Waals surface area contributed by atoms with Gasteiger partial charge >= 0.3 is 6.03 Å². The van der Waals surface area contributed by atoms with Crippen molar-refractivity contribution in [3.8, 4) is 10.8 Å². The molecule has 2 aromatic rings. The number of nitrogens with zero attached hydrogens (tertiary/aromatic N) is 4. The van der Waals surface area contributed by atoms with E-state index in [1.807, 2.05) is 31.4 Å². The number of rotatable bonds is 7. The molecule has 1 spiro atoms. The molecule has 3 heterocycles. The molecule has 0 radical (unpaired) electrons. The van der Waals surface area contributed by atoms with Crippen LogP contribution in [-0.2, 0) is 16.1 Å². The zero-order valence-corrected chi connectivity index (χ0v) is 18.6. The van der Waals surface area contributed by atoms with Gasteiger partial charge in [-0.1, -0.05) is 32.8 Å². The second-order valence-electron chi connectivity index (χ2n) is 8.23. The molecule has 31 heavy (non-hydrogen) atoms. The first kappa shape index (κ1) is 21.5. The van der Waals surface area contributed by atoms with Crippen molar-refractivity contribution in [2.75, 3.05) is 13.1 Å².